The molecule has 0 saturated carbocycles. The van der Waals surface area contributed by atoms with Crippen molar-refractivity contribution in [3.8, 4) is 0 Å². The fourth-order valence-electron chi connectivity index (χ4n) is 2.36. The van der Waals surface area contributed by atoms with E-state index in [-0.39, 0.29) is 0 Å². The molecule has 0 heterocycles. The highest BCUT2D eigenvalue weighted by Crippen LogP contribution is 2.26. The molecule has 2 aromatic carbocycles. The zero-order valence-corrected chi connectivity index (χ0v) is 11.6. The second-order valence-corrected chi connectivity index (χ2v) is 5.37. The Bertz CT molecular complexity index is 467. The van der Waals surface area contributed by atoms with Crippen LogP contribution >= 0.6 is 0 Å². The first-order chi connectivity index (χ1) is 8.66. The summed E-state index contributed by atoms with van der Waals surface area (Å²) in [5, 5.41) is 0. The van der Waals surface area contributed by atoms with E-state index < -0.39 is 0 Å². The van der Waals surface area contributed by atoms with Crippen LogP contribution in [0.25, 0.3) is 0 Å². The third-order valence-electron chi connectivity index (χ3n) is 3.86. The first-order valence-electron chi connectivity index (χ1n) is 6.77. The lowest BCUT2D eigenvalue weighted by atomic mass is 9.85. The normalized spacial score (nSPS) is 14.2. The molecule has 18 heavy (non-hydrogen) atoms. The van der Waals surface area contributed by atoms with E-state index in [1.807, 2.05) is 0 Å². The lowest BCUT2D eigenvalue weighted by molar-refractivity contribution is 0.485. The molecular weight excluding hydrogens is 216 g/mol. The molecule has 0 N–H and O–H groups in total. The minimum atomic E-state index is 0.604. The fourth-order valence-corrected chi connectivity index (χ4v) is 2.36. The SMILES string of the molecule is Cc1ccc(CC(C)C(C)c2ccccc2)cc1. The Morgan fingerprint density at radius 2 is 1.44 bits per heavy atom. The Morgan fingerprint density at radius 1 is 0.833 bits per heavy atom. The monoisotopic (exact) mass is 238 g/mol. The van der Waals surface area contributed by atoms with Crippen LogP contribution in [0.2, 0.25) is 0 Å². The van der Waals surface area contributed by atoms with Gasteiger partial charge >= 0.3 is 0 Å². The predicted octanol–water partition coefficient (Wildman–Crippen LogP) is 4.98. The molecule has 0 radical (unpaired) electrons. The van der Waals surface area contributed by atoms with Gasteiger partial charge in [0.05, 0.1) is 0 Å². The van der Waals surface area contributed by atoms with E-state index in [0.29, 0.717) is 11.8 Å². The topological polar surface area (TPSA) is 0 Å². The molecule has 0 bridgehead atoms. The molecule has 0 aliphatic rings. The summed E-state index contributed by atoms with van der Waals surface area (Å²) in [6.07, 6.45) is 1.15. The molecule has 0 aromatic heterocycles. The van der Waals surface area contributed by atoms with Gasteiger partial charge in [0, 0.05) is 0 Å². The van der Waals surface area contributed by atoms with Crippen molar-refractivity contribution >= 4 is 0 Å². The lowest BCUT2D eigenvalue weighted by Gasteiger charge is -2.20. The maximum atomic E-state index is 2.34. The minimum Gasteiger partial charge on any atom is -0.0622 e. The van der Waals surface area contributed by atoms with E-state index in [1.165, 1.54) is 16.7 Å². The summed E-state index contributed by atoms with van der Waals surface area (Å²) in [5.41, 5.74) is 4.22. The fraction of sp³-hybridized carbons (Fsp3) is 0.333. The van der Waals surface area contributed by atoms with Crippen LogP contribution in [0.5, 0.6) is 0 Å². The van der Waals surface area contributed by atoms with Gasteiger partial charge in [0.1, 0.15) is 0 Å². The smallest absolute Gasteiger partial charge is 0.0161 e. The van der Waals surface area contributed by atoms with Gasteiger partial charge < -0.3 is 0 Å². The van der Waals surface area contributed by atoms with E-state index >= 15 is 0 Å². The quantitative estimate of drug-likeness (QED) is 0.705. The van der Waals surface area contributed by atoms with Crippen LogP contribution in [0.1, 0.15) is 36.5 Å². The van der Waals surface area contributed by atoms with Crippen LogP contribution < -0.4 is 0 Å². The predicted molar refractivity (Wildman–Crippen MR) is 78.9 cm³/mol. The molecule has 0 aliphatic carbocycles. The molecule has 2 unspecified atom stereocenters. The van der Waals surface area contributed by atoms with Crippen LogP contribution in [0.15, 0.2) is 54.6 Å². The van der Waals surface area contributed by atoms with Gasteiger partial charge in [-0.2, -0.15) is 0 Å². The summed E-state index contributed by atoms with van der Waals surface area (Å²) in [5.74, 6) is 1.27. The van der Waals surface area contributed by atoms with Crippen LogP contribution in [0.4, 0.5) is 0 Å². The summed E-state index contributed by atoms with van der Waals surface area (Å²) in [7, 11) is 0. The summed E-state index contributed by atoms with van der Waals surface area (Å²) < 4.78 is 0. The number of rotatable bonds is 4. The van der Waals surface area contributed by atoms with E-state index in [2.05, 4.69) is 75.4 Å². The molecule has 2 rings (SSSR count). The summed E-state index contributed by atoms with van der Waals surface area (Å²) in [4.78, 5) is 0. The highest BCUT2D eigenvalue weighted by molar-refractivity contribution is 5.24. The van der Waals surface area contributed by atoms with Gasteiger partial charge in [-0.1, -0.05) is 74.0 Å². The molecule has 0 nitrogen and oxygen atoms in total. The van der Waals surface area contributed by atoms with Gasteiger partial charge in [0.15, 0.2) is 0 Å². The molecule has 2 aromatic rings. The Balaban J connectivity index is 2.03. The van der Waals surface area contributed by atoms with Crippen LogP contribution in [-0.4, -0.2) is 0 Å². The molecular formula is C18H22. The van der Waals surface area contributed by atoms with Crippen molar-refractivity contribution in [2.45, 2.75) is 33.1 Å². The highest BCUT2D eigenvalue weighted by atomic mass is 14.2. The van der Waals surface area contributed by atoms with Crippen molar-refractivity contribution in [2.75, 3.05) is 0 Å². The van der Waals surface area contributed by atoms with E-state index in [9.17, 15) is 0 Å². The summed E-state index contributed by atoms with van der Waals surface area (Å²) >= 11 is 0. The maximum absolute atomic E-state index is 2.34. The number of aryl methyl sites for hydroxylation is 1. The molecule has 0 spiro atoms. The average molecular weight is 238 g/mol. The van der Waals surface area contributed by atoms with E-state index in [4.69, 9.17) is 0 Å². The van der Waals surface area contributed by atoms with Gasteiger partial charge in [-0.3, -0.25) is 0 Å². The Kier molecular flexibility index (Phi) is 4.19. The standard InChI is InChI=1S/C18H22/c1-14-9-11-17(12-10-14)13-15(2)16(3)18-7-5-4-6-8-18/h4-12,15-16H,13H2,1-3H3. The average Bonchev–Trinajstić information content (AvgIpc) is 2.41. The molecule has 0 aliphatic heterocycles. The van der Waals surface area contributed by atoms with Crippen molar-refractivity contribution in [1.29, 1.82) is 0 Å². The van der Waals surface area contributed by atoms with Crippen LogP contribution in [0.3, 0.4) is 0 Å². The van der Waals surface area contributed by atoms with Crippen LogP contribution in [-0.2, 0) is 6.42 Å². The van der Waals surface area contributed by atoms with E-state index in [1.54, 1.807) is 0 Å². The van der Waals surface area contributed by atoms with Gasteiger partial charge in [-0.15, -0.1) is 0 Å². The minimum absolute atomic E-state index is 0.604. The largest absolute Gasteiger partial charge is 0.0622 e. The second kappa shape index (κ2) is 5.86. The molecule has 2 atom stereocenters. The van der Waals surface area contributed by atoms with Gasteiger partial charge in [-0.05, 0) is 36.3 Å². The zero-order valence-electron chi connectivity index (χ0n) is 11.6. The third-order valence-corrected chi connectivity index (χ3v) is 3.86. The molecule has 0 fully saturated rings. The van der Waals surface area contributed by atoms with Gasteiger partial charge in [-0.25, -0.2) is 0 Å². The molecule has 0 saturated heterocycles. The van der Waals surface area contributed by atoms with Gasteiger partial charge in [0.2, 0.25) is 0 Å². The first-order valence-corrected chi connectivity index (χ1v) is 6.77. The number of hydrogen-bond acceptors (Lipinski definition) is 0. The van der Waals surface area contributed by atoms with Crippen molar-refractivity contribution in [3.63, 3.8) is 0 Å². The van der Waals surface area contributed by atoms with Crippen molar-refractivity contribution in [3.05, 3.63) is 71.3 Å². The van der Waals surface area contributed by atoms with Crippen molar-refractivity contribution in [1.82, 2.24) is 0 Å². The highest BCUT2D eigenvalue weighted by Gasteiger charge is 2.14. The summed E-state index contributed by atoms with van der Waals surface area (Å²) in [6, 6.07) is 19.7. The second-order valence-electron chi connectivity index (χ2n) is 5.37. The van der Waals surface area contributed by atoms with Crippen molar-refractivity contribution < 1.29 is 0 Å². The number of hydrogen-bond donors (Lipinski definition) is 0. The Morgan fingerprint density at radius 3 is 2.06 bits per heavy atom. The third kappa shape index (κ3) is 3.22. The Labute approximate surface area is 111 Å². The molecule has 0 heteroatoms. The first kappa shape index (κ1) is 12.9. The Hall–Kier alpha value is -1.56. The number of benzene rings is 2. The van der Waals surface area contributed by atoms with E-state index in [0.717, 1.165) is 6.42 Å². The molecule has 94 valence electrons. The van der Waals surface area contributed by atoms with Crippen molar-refractivity contribution in [2.24, 2.45) is 5.92 Å². The lowest BCUT2D eigenvalue weighted by Crippen LogP contribution is -2.09. The summed E-state index contributed by atoms with van der Waals surface area (Å²) in [6.45, 7) is 6.81. The molecule has 0 amide bonds. The maximum Gasteiger partial charge on any atom is -0.0161 e. The van der Waals surface area contributed by atoms with Crippen LogP contribution in [0, 0.1) is 12.8 Å². The van der Waals surface area contributed by atoms with Gasteiger partial charge in [0.25, 0.3) is 0 Å². The zero-order chi connectivity index (χ0) is 13.0.